The summed E-state index contributed by atoms with van der Waals surface area (Å²) in [6, 6.07) is 7.99. The molecule has 1 aromatic heterocycles. The molecule has 1 aliphatic heterocycles. The second kappa shape index (κ2) is 8.26. The number of nitrogens with one attached hydrogen (secondary N) is 1. The van der Waals surface area contributed by atoms with Gasteiger partial charge in [-0.15, -0.1) is 0 Å². The van der Waals surface area contributed by atoms with Crippen molar-refractivity contribution in [3.05, 3.63) is 45.9 Å². The number of aromatic amines is 1. The number of ether oxygens (including phenoxy) is 1. The molecule has 8 heteroatoms. The van der Waals surface area contributed by atoms with Crippen LogP contribution in [0.2, 0.25) is 0 Å². The van der Waals surface area contributed by atoms with Gasteiger partial charge in [0.2, 0.25) is 5.91 Å². The summed E-state index contributed by atoms with van der Waals surface area (Å²) in [7, 11) is 1.66. The number of benzene rings is 1. The van der Waals surface area contributed by atoms with E-state index >= 15 is 0 Å². The fraction of sp³-hybridized carbons (Fsp3) is 0.450. The fourth-order valence-corrected chi connectivity index (χ4v) is 4.50. The molecule has 1 fully saturated rings. The Labute approximate surface area is 168 Å². The van der Waals surface area contributed by atoms with E-state index < -0.39 is 0 Å². The summed E-state index contributed by atoms with van der Waals surface area (Å²) in [5.74, 6) is 1.22. The summed E-state index contributed by atoms with van der Waals surface area (Å²) >= 11 is 1.32. The molecule has 0 radical (unpaired) electrons. The minimum atomic E-state index is -0.0504. The van der Waals surface area contributed by atoms with Gasteiger partial charge in [0.05, 0.1) is 18.6 Å². The molecule has 1 saturated heterocycles. The third-order valence-electron chi connectivity index (χ3n) is 5.32. The first kappa shape index (κ1) is 18.9. The minimum Gasteiger partial charge on any atom is -0.497 e. The number of nitrogens with zero attached hydrogens (tertiary/aromatic N) is 3. The number of methoxy groups -OCH3 is 1. The number of thioether (sulfide) groups is 1. The van der Waals surface area contributed by atoms with Crippen molar-refractivity contribution in [2.45, 2.75) is 24.4 Å². The Morgan fingerprint density at radius 1 is 1.18 bits per heavy atom. The summed E-state index contributed by atoms with van der Waals surface area (Å²) in [6.07, 6.45) is 2.64. The highest BCUT2D eigenvalue weighted by molar-refractivity contribution is 7.99. The van der Waals surface area contributed by atoms with Crippen molar-refractivity contribution in [2.24, 2.45) is 0 Å². The van der Waals surface area contributed by atoms with Crippen LogP contribution in [0.15, 0.2) is 34.2 Å². The summed E-state index contributed by atoms with van der Waals surface area (Å²) in [5, 5.41) is 0.552. The second-order valence-electron chi connectivity index (χ2n) is 7.00. The maximum atomic E-state index is 12.6. The fourth-order valence-electron chi connectivity index (χ4n) is 3.72. The van der Waals surface area contributed by atoms with Crippen LogP contribution in [-0.4, -0.2) is 59.8 Å². The van der Waals surface area contributed by atoms with Crippen LogP contribution in [0.1, 0.15) is 17.7 Å². The van der Waals surface area contributed by atoms with Crippen LogP contribution in [0.3, 0.4) is 0 Å². The molecule has 1 aromatic carbocycles. The van der Waals surface area contributed by atoms with Gasteiger partial charge in [-0.1, -0.05) is 11.8 Å². The number of piperazine rings is 1. The smallest absolute Gasteiger partial charge is 0.254 e. The molecular formula is C20H24N4O3S. The van der Waals surface area contributed by atoms with E-state index in [-0.39, 0.29) is 11.5 Å². The molecule has 4 rings (SSSR count). The van der Waals surface area contributed by atoms with E-state index in [9.17, 15) is 9.59 Å². The van der Waals surface area contributed by atoms with Crippen LogP contribution >= 0.6 is 11.8 Å². The van der Waals surface area contributed by atoms with Crippen LogP contribution in [-0.2, 0) is 17.6 Å². The predicted molar refractivity (Wildman–Crippen MR) is 109 cm³/mol. The van der Waals surface area contributed by atoms with E-state index in [0.717, 1.165) is 55.0 Å². The number of aryl methyl sites for hydroxylation is 1. The Hall–Kier alpha value is -2.48. The lowest BCUT2D eigenvalue weighted by molar-refractivity contribution is -0.128. The van der Waals surface area contributed by atoms with E-state index in [2.05, 4.69) is 14.9 Å². The van der Waals surface area contributed by atoms with Crippen molar-refractivity contribution < 1.29 is 9.53 Å². The van der Waals surface area contributed by atoms with Gasteiger partial charge in [0.1, 0.15) is 5.75 Å². The first-order valence-electron chi connectivity index (χ1n) is 9.55. The third-order valence-corrected chi connectivity index (χ3v) is 6.18. The SMILES string of the molecule is COc1ccc(N2CCN(C(=O)CSc3nc4c(c(=O)[nH]3)CCC4)CC2)cc1. The van der Waals surface area contributed by atoms with E-state index in [0.29, 0.717) is 24.0 Å². The molecule has 1 amide bonds. The predicted octanol–water partition coefficient (Wildman–Crippen LogP) is 1.71. The molecule has 2 aliphatic rings. The van der Waals surface area contributed by atoms with Crippen molar-refractivity contribution in [3.63, 3.8) is 0 Å². The molecule has 7 nitrogen and oxygen atoms in total. The highest BCUT2D eigenvalue weighted by Crippen LogP contribution is 2.22. The Morgan fingerprint density at radius 2 is 1.93 bits per heavy atom. The maximum Gasteiger partial charge on any atom is 0.254 e. The number of carbonyl (C=O) groups is 1. The maximum absolute atomic E-state index is 12.6. The van der Waals surface area contributed by atoms with Gasteiger partial charge in [0.15, 0.2) is 5.16 Å². The first-order chi connectivity index (χ1) is 13.6. The van der Waals surface area contributed by atoms with E-state index in [1.54, 1.807) is 7.11 Å². The van der Waals surface area contributed by atoms with Crippen LogP contribution in [0.4, 0.5) is 5.69 Å². The molecule has 2 heterocycles. The summed E-state index contributed by atoms with van der Waals surface area (Å²) in [5.41, 5.74) is 2.80. The molecule has 0 atom stereocenters. The number of amides is 1. The topological polar surface area (TPSA) is 78.5 Å². The molecule has 0 spiro atoms. The number of fused-ring (bicyclic) bond motifs is 1. The van der Waals surface area contributed by atoms with Crippen LogP contribution < -0.4 is 15.2 Å². The summed E-state index contributed by atoms with van der Waals surface area (Å²) < 4.78 is 5.20. The molecular weight excluding hydrogens is 376 g/mol. The van der Waals surface area contributed by atoms with Crippen LogP contribution in [0.5, 0.6) is 5.75 Å². The second-order valence-corrected chi connectivity index (χ2v) is 7.97. The van der Waals surface area contributed by atoms with Gasteiger partial charge in [0, 0.05) is 37.4 Å². The monoisotopic (exact) mass is 400 g/mol. The zero-order chi connectivity index (χ0) is 19.5. The van der Waals surface area contributed by atoms with Gasteiger partial charge in [-0.05, 0) is 43.5 Å². The molecule has 0 bridgehead atoms. The highest BCUT2D eigenvalue weighted by Gasteiger charge is 2.22. The summed E-state index contributed by atoms with van der Waals surface area (Å²) in [4.78, 5) is 36.1. The van der Waals surface area contributed by atoms with Crippen molar-refractivity contribution >= 4 is 23.4 Å². The molecule has 1 N–H and O–H groups in total. The normalized spacial score (nSPS) is 16.2. The van der Waals surface area contributed by atoms with Crippen molar-refractivity contribution in [1.29, 1.82) is 0 Å². The molecule has 28 heavy (non-hydrogen) atoms. The largest absolute Gasteiger partial charge is 0.497 e. The average molecular weight is 401 g/mol. The van der Waals surface area contributed by atoms with Gasteiger partial charge >= 0.3 is 0 Å². The summed E-state index contributed by atoms with van der Waals surface area (Å²) in [6.45, 7) is 2.99. The minimum absolute atomic E-state index is 0.0504. The Bertz CT molecular complexity index is 905. The number of anilines is 1. The number of aromatic nitrogens is 2. The van der Waals surface area contributed by atoms with Crippen LogP contribution in [0.25, 0.3) is 0 Å². The molecule has 2 aromatic rings. The average Bonchev–Trinajstić information content (AvgIpc) is 3.21. The van der Waals surface area contributed by atoms with E-state index in [1.165, 1.54) is 11.8 Å². The Balaban J connectivity index is 1.29. The number of rotatable bonds is 5. The quantitative estimate of drug-likeness (QED) is 0.608. The number of carbonyl (C=O) groups excluding carboxylic acids is 1. The Morgan fingerprint density at radius 3 is 2.64 bits per heavy atom. The Kier molecular flexibility index (Phi) is 5.57. The third kappa shape index (κ3) is 4.01. The lowest BCUT2D eigenvalue weighted by Gasteiger charge is -2.36. The molecule has 0 saturated carbocycles. The number of hydrogen-bond donors (Lipinski definition) is 1. The van der Waals surface area contributed by atoms with Crippen molar-refractivity contribution in [1.82, 2.24) is 14.9 Å². The molecule has 0 unspecified atom stereocenters. The molecule has 148 valence electrons. The molecule has 1 aliphatic carbocycles. The number of hydrogen-bond acceptors (Lipinski definition) is 6. The van der Waals surface area contributed by atoms with Crippen molar-refractivity contribution in [2.75, 3.05) is 43.9 Å². The van der Waals surface area contributed by atoms with Gasteiger partial charge in [0.25, 0.3) is 5.56 Å². The van der Waals surface area contributed by atoms with Gasteiger partial charge in [-0.3, -0.25) is 9.59 Å². The highest BCUT2D eigenvalue weighted by atomic mass is 32.2. The first-order valence-corrected chi connectivity index (χ1v) is 10.5. The van der Waals surface area contributed by atoms with E-state index in [1.807, 2.05) is 29.2 Å². The van der Waals surface area contributed by atoms with Gasteiger partial charge in [-0.2, -0.15) is 0 Å². The lowest BCUT2D eigenvalue weighted by Crippen LogP contribution is -2.49. The zero-order valence-electron chi connectivity index (χ0n) is 15.9. The number of H-pyrrole nitrogens is 1. The standard InChI is InChI=1S/C20H24N4O3S/c1-27-15-7-5-14(6-8-15)23-9-11-24(12-10-23)18(25)13-28-20-21-17-4-2-3-16(17)19(26)22-20/h5-8H,2-4,9-13H2,1H3,(H,21,22,26). The van der Waals surface area contributed by atoms with E-state index in [4.69, 9.17) is 4.74 Å². The van der Waals surface area contributed by atoms with Crippen molar-refractivity contribution in [3.8, 4) is 5.75 Å². The zero-order valence-corrected chi connectivity index (χ0v) is 16.8. The van der Waals surface area contributed by atoms with Gasteiger partial charge < -0.3 is 19.5 Å². The lowest BCUT2D eigenvalue weighted by atomic mass is 10.2. The van der Waals surface area contributed by atoms with Gasteiger partial charge in [-0.25, -0.2) is 4.98 Å². The van der Waals surface area contributed by atoms with Crippen LogP contribution in [0, 0.1) is 0 Å².